The molecule has 0 spiro atoms. The van der Waals surface area contributed by atoms with Gasteiger partial charge in [0.2, 0.25) is 0 Å². The summed E-state index contributed by atoms with van der Waals surface area (Å²) in [5.74, 6) is 0. The van der Waals surface area contributed by atoms with Gasteiger partial charge in [0.05, 0.1) is 6.10 Å². The molecule has 0 saturated heterocycles. The van der Waals surface area contributed by atoms with Crippen molar-refractivity contribution < 1.29 is 9.84 Å². The Labute approximate surface area is 104 Å². The second kappa shape index (κ2) is 5.19. The first-order chi connectivity index (χ1) is 8.20. The molecule has 0 heterocycles. The molecule has 0 aliphatic heterocycles. The molecule has 1 N–H and O–H groups in total. The van der Waals surface area contributed by atoms with E-state index in [4.69, 9.17) is 4.74 Å². The maximum atomic E-state index is 10.9. The van der Waals surface area contributed by atoms with Crippen LogP contribution in [0.25, 0.3) is 0 Å². The van der Waals surface area contributed by atoms with Gasteiger partial charge in [0, 0.05) is 7.11 Å². The van der Waals surface area contributed by atoms with Gasteiger partial charge in [-0.1, -0.05) is 44.0 Å². The lowest BCUT2D eigenvalue weighted by molar-refractivity contribution is -0.122. The number of aryl methyl sites for hydroxylation is 1. The van der Waals surface area contributed by atoms with Crippen molar-refractivity contribution in [3.8, 4) is 0 Å². The molecule has 2 unspecified atom stereocenters. The van der Waals surface area contributed by atoms with E-state index in [0.717, 1.165) is 37.7 Å². The van der Waals surface area contributed by atoms with Crippen molar-refractivity contribution in [1.82, 2.24) is 0 Å². The highest BCUT2D eigenvalue weighted by Gasteiger charge is 2.40. The summed E-state index contributed by atoms with van der Waals surface area (Å²) >= 11 is 0. The first-order valence-electron chi connectivity index (χ1n) is 6.55. The van der Waals surface area contributed by atoms with Crippen LogP contribution in [-0.4, -0.2) is 18.3 Å². The molecule has 0 aromatic heterocycles. The molecule has 94 valence electrons. The van der Waals surface area contributed by atoms with Crippen molar-refractivity contribution in [3.05, 3.63) is 35.4 Å². The molecule has 1 aliphatic carbocycles. The van der Waals surface area contributed by atoms with E-state index >= 15 is 0 Å². The third-order valence-corrected chi connectivity index (χ3v) is 3.93. The zero-order chi connectivity index (χ0) is 12.3. The van der Waals surface area contributed by atoms with Crippen LogP contribution in [0.5, 0.6) is 0 Å². The Morgan fingerprint density at radius 3 is 2.94 bits per heavy atom. The van der Waals surface area contributed by atoms with Crippen molar-refractivity contribution in [1.29, 1.82) is 0 Å². The van der Waals surface area contributed by atoms with E-state index in [-0.39, 0.29) is 6.10 Å². The molecule has 0 bridgehead atoms. The van der Waals surface area contributed by atoms with Crippen LogP contribution >= 0.6 is 0 Å². The van der Waals surface area contributed by atoms with Gasteiger partial charge in [-0.25, -0.2) is 0 Å². The second-order valence-electron chi connectivity index (χ2n) is 4.95. The number of aliphatic hydroxyl groups is 1. The zero-order valence-corrected chi connectivity index (χ0v) is 10.8. The molecular formula is C15H22O2. The van der Waals surface area contributed by atoms with Crippen LogP contribution in [0.3, 0.4) is 0 Å². The van der Waals surface area contributed by atoms with E-state index in [0.29, 0.717) is 0 Å². The van der Waals surface area contributed by atoms with Crippen LogP contribution in [-0.2, 0) is 16.8 Å². The molecular weight excluding hydrogens is 212 g/mol. The third-order valence-electron chi connectivity index (χ3n) is 3.93. The fourth-order valence-electron chi connectivity index (χ4n) is 2.83. The highest BCUT2D eigenvalue weighted by atomic mass is 16.5. The van der Waals surface area contributed by atoms with Crippen LogP contribution < -0.4 is 0 Å². The normalized spacial score (nSPS) is 29.2. The monoisotopic (exact) mass is 234 g/mol. The minimum atomic E-state index is -0.793. The minimum Gasteiger partial charge on any atom is -0.382 e. The Hall–Kier alpha value is -0.860. The van der Waals surface area contributed by atoms with Crippen molar-refractivity contribution in [3.63, 3.8) is 0 Å². The lowest BCUT2D eigenvalue weighted by atomic mass is 9.77. The maximum absolute atomic E-state index is 10.9. The number of methoxy groups -OCH3 is 1. The van der Waals surface area contributed by atoms with Crippen molar-refractivity contribution in [2.75, 3.05) is 7.11 Å². The van der Waals surface area contributed by atoms with Crippen LogP contribution in [0.4, 0.5) is 0 Å². The van der Waals surface area contributed by atoms with Gasteiger partial charge in [0.25, 0.3) is 0 Å². The largest absolute Gasteiger partial charge is 0.382 e. The highest BCUT2D eigenvalue weighted by Crippen LogP contribution is 2.39. The quantitative estimate of drug-likeness (QED) is 0.871. The van der Waals surface area contributed by atoms with E-state index in [1.807, 2.05) is 12.1 Å². The molecule has 1 fully saturated rings. The summed E-state index contributed by atoms with van der Waals surface area (Å²) in [6.45, 7) is 2.14. The Morgan fingerprint density at radius 1 is 1.41 bits per heavy atom. The Balaban J connectivity index is 2.33. The summed E-state index contributed by atoms with van der Waals surface area (Å²) in [6, 6.07) is 8.29. The third kappa shape index (κ3) is 2.38. The predicted molar refractivity (Wildman–Crippen MR) is 69.0 cm³/mol. The molecule has 2 nitrogen and oxygen atoms in total. The van der Waals surface area contributed by atoms with Crippen LogP contribution in [0.1, 0.15) is 43.7 Å². The molecule has 0 amide bonds. The fraction of sp³-hybridized carbons (Fsp3) is 0.600. The standard InChI is InChI=1S/C15H22O2/c1-3-12-7-6-8-13(11-12)15(16)10-5-4-9-14(15)17-2/h6-8,11,14,16H,3-5,9-10H2,1-2H3. The highest BCUT2D eigenvalue weighted by molar-refractivity contribution is 5.30. The van der Waals surface area contributed by atoms with Gasteiger partial charge in [-0.05, 0) is 30.4 Å². The lowest BCUT2D eigenvalue weighted by Gasteiger charge is -2.39. The second-order valence-corrected chi connectivity index (χ2v) is 4.95. The summed E-state index contributed by atoms with van der Waals surface area (Å²) in [6.07, 6.45) is 4.91. The summed E-state index contributed by atoms with van der Waals surface area (Å²) in [7, 11) is 1.70. The number of ether oxygens (including phenoxy) is 1. The zero-order valence-electron chi connectivity index (χ0n) is 10.8. The average Bonchev–Trinajstić information content (AvgIpc) is 2.39. The molecule has 2 heteroatoms. The summed E-state index contributed by atoms with van der Waals surface area (Å²) in [5, 5.41) is 10.9. The van der Waals surface area contributed by atoms with Crippen molar-refractivity contribution in [2.45, 2.75) is 50.7 Å². The fourth-order valence-corrected chi connectivity index (χ4v) is 2.83. The SMILES string of the molecule is CCc1cccc(C2(O)CCCCC2OC)c1. The molecule has 1 aliphatic rings. The van der Waals surface area contributed by atoms with Crippen LogP contribution in [0, 0.1) is 0 Å². The molecule has 2 rings (SSSR count). The molecule has 17 heavy (non-hydrogen) atoms. The van der Waals surface area contributed by atoms with Gasteiger partial charge in [-0.3, -0.25) is 0 Å². The topological polar surface area (TPSA) is 29.5 Å². The van der Waals surface area contributed by atoms with E-state index in [1.54, 1.807) is 7.11 Å². The number of rotatable bonds is 3. The first-order valence-corrected chi connectivity index (χ1v) is 6.55. The van der Waals surface area contributed by atoms with Gasteiger partial charge in [0.15, 0.2) is 0 Å². The summed E-state index contributed by atoms with van der Waals surface area (Å²) in [5.41, 5.74) is 1.50. The number of benzene rings is 1. The Bertz CT molecular complexity index is 375. The molecule has 2 atom stereocenters. The predicted octanol–water partition coefficient (Wildman–Crippen LogP) is 3.03. The van der Waals surface area contributed by atoms with Crippen LogP contribution in [0.15, 0.2) is 24.3 Å². The van der Waals surface area contributed by atoms with Crippen molar-refractivity contribution in [2.24, 2.45) is 0 Å². The summed E-state index contributed by atoms with van der Waals surface area (Å²) < 4.78 is 5.48. The van der Waals surface area contributed by atoms with E-state index in [2.05, 4.69) is 19.1 Å². The minimum absolute atomic E-state index is 0.0663. The first kappa shape index (κ1) is 12.6. The van der Waals surface area contributed by atoms with Gasteiger partial charge < -0.3 is 9.84 Å². The van der Waals surface area contributed by atoms with E-state index in [1.165, 1.54) is 5.56 Å². The van der Waals surface area contributed by atoms with E-state index in [9.17, 15) is 5.11 Å². The average molecular weight is 234 g/mol. The molecule has 1 aromatic rings. The van der Waals surface area contributed by atoms with Gasteiger partial charge in [-0.2, -0.15) is 0 Å². The maximum Gasteiger partial charge on any atom is 0.116 e. The van der Waals surface area contributed by atoms with E-state index < -0.39 is 5.60 Å². The summed E-state index contributed by atoms with van der Waals surface area (Å²) in [4.78, 5) is 0. The molecule has 1 aromatic carbocycles. The van der Waals surface area contributed by atoms with Gasteiger partial charge in [-0.15, -0.1) is 0 Å². The molecule has 1 saturated carbocycles. The van der Waals surface area contributed by atoms with Crippen LogP contribution in [0.2, 0.25) is 0 Å². The van der Waals surface area contributed by atoms with Gasteiger partial charge in [0.1, 0.15) is 5.60 Å². The van der Waals surface area contributed by atoms with Crippen molar-refractivity contribution >= 4 is 0 Å². The number of hydrogen-bond acceptors (Lipinski definition) is 2. The Morgan fingerprint density at radius 2 is 2.24 bits per heavy atom. The van der Waals surface area contributed by atoms with Gasteiger partial charge >= 0.3 is 0 Å². The molecule has 0 radical (unpaired) electrons. The number of hydrogen-bond donors (Lipinski definition) is 1. The smallest absolute Gasteiger partial charge is 0.116 e. The lowest BCUT2D eigenvalue weighted by Crippen LogP contribution is -2.43. The Kier molecular flexibility index (Phi) is 3.85.